The number of hydrogen-bond donors (Lipinski definition) is 0. The van der Waals surface area contributed by atoms with E-state index in [0.29, 0.717) is 6.42 Å². The van der Waals surface area contributed by atoms with Gasteiger partial charge in [0, 0.05) is 17.6 Å². The Kier molecular flexibility index (Phi) is 4.80. The number of nitrogens with zero attached hydrogens (tertiary/aromatic N) is 4. The number of rotatable bonds is 4. The predicted octanol–water partition coefficient (Wildman–Crippen LogP) is 2.89. The molecule has 124 valence electrons. The van der Waals surface area contributed by atoms with Gasteiger partial charge in [-0.1, -0.05) is 0 Å². The Balaban J connectivity index is 1.70. The third-order valence-corrected chi connectivity index (χ3v) is 5.26. The molecule has 23 heavy (non-hydrogen) atoms. The molecule has 5 nitrogen and oxygen atoms in total. The lowest BCUT2D eigenvalue weighted by Gasteiger charge is -2.36. The lowest BCUT2D eigenvalue weighted by Crippen LogP contribution is -2.46. The summed E-state index contributed by atoms with van der Waals surface area (Å²) in [5, 5.41) is 7.57. The van der Waals surface area contributed by atoms with E-state index in [4.69, 9.17) is 0 Å². The van der Waals surface area contributed by atoms with E-state index in [9.17, 15) is 4.79 Å². The number of piperidine rings is 1. The number of likely N-dealkylation sites (tertiary alicyclic amines) is 1. The van der Waals surface area contributed by atoms with Gasteiger partial charge >= 0.3 is 0 Å². The fraction of sp³-hybridized carbons (Fsp3) is 0.588. The summed E-state index contributed by atoms with van der Waals surface area (Å²) >= 11 is 1.61. The maximum absolute atomic E-state index is 12.7. The van der Waals surface area contributed by atoms with Gasteiger partial charge in [-0.25, -0.2) is 4.98 Å². The van der Waals surface area contributed by atoms with E-state index in [1.807, 2.05) is 23.9 Å². The van der Waals surface area contributed by atoms with Gasteiger partial charge in [0.25, 0.3) is 0 Å². The number of amides is 1. The SMILES string of the molecule is Cc1cc(C)n(C[C@@H]2CCCCN2C(=O)Cc2csc(C)n2)n1. The van der Waals surface area contributed by atoms with Crippen molar-refractivity contribution < 1.29 is 4.79 Å². The van der Waals surface area contributed by atoms with Crippen molar-refractivity contribution in [2.24, 2.45) is 0 Å². The zero-order chi connectivity index (χ0) is 16.4. The van der Waals surface area contributed by atoms with Crippen LogP contribution in [0.15, 0.2) is 11.4 Å². The van der Waals surface area contributed by atoms with E-state index < -0.39 is 0 Å². The second kappa shape index (κ2) is 6.83. The van der Waals surface area contributed by atoms with E-state index in [2.05, 4.69) is 28.0 Å². The van der Waals surface area contributed by atoms with Crippen LogP contribution in [0.3, 0.4) is 0 Å². The monoisotopic (exact) mass is 332 g/mol. The fourth-order valence-electron chi connectivity index (χ4n) is 3.32. The van der Waals surface area contributed by atoms with Gasteiger partial charge < -0.3 is 4.90 Å². The maximum atomic E-state index is 12.7. The minimum atomic E-state index is 0.196. The van der Waals surface area contributed by atoms with Crippen molar-refractivity contribution in [2.75, 3.05) is 6.54 Å². The van der Waals surface area contributed by atoms with Gasteiger partial charge in [0.2, 0.25) is 5.91 Å². The number of thiazole rings is 1. The Hall–Kier alpha value is -1.69. The first kappa shape index (κ1) is 16.2. The highest BCUT2D eigenvalue weighted by Gasteiger charge is 2.27. The van der Waals surface area contributed by atoms with Crippen LogP contribution < -0.4 is 0 Å². The third-order valence-electron chi connectivity index (χ3n) is 4.43. The summed E-state index contributed by atoms with van der Waals surface area (Å²) in [5.41, 5.74) is 3.10. The topological polar surface area (TPSA) is 51.0 Å². The second-order valence-electron chi connectivity index (χ2n) is 6.38. The molecule has 0 aliphatic carbocycles. The summed E-state index contributed by atoms with van der Waals surface area (Å²) in [6.45, 7) is 7.71. The number of hydrogen-bond acceptors (Lipinski definition) is 4. The van der Waals surface area contributed by atoms with E-state index in [1.54, 1.807) is 11.3 Å². The molecule has 1 amide bonds. The highest BCUT2D eigenvalue weighted by molar-refractivity contribution is 7.09. The molecule has 3 rings (SSSR count). The van der Waals surface area contributed by atoms with Crippen LogP contribution in [0.2, 0.25) is 0 Å². The Morgan fingerprint density at radius 1 is 1.35 bits per heavy atom. The largest absolute Gasteiger partial charge is 0.338 e. The first-order valence-electron chi connectivity index (χ1n) is 8.24. The van der Waals surface area contributed by atoms with Crippen LogP contribution in [0, 0.1) is 20.8 Å². The molecule has 2 aromatic rings. The van der Waals surface area contributed by atoms with Gasteiger partial charge in [-0.05, 0) is 46.1 Å². The Morgan fingerprint density at radius 3 is 2.83 bits per heavy atom. The van der Waals surface area contributed by atoms with Crippen molar-refractivity contribution in [1.82, 2.24) is 19.7 Å². The van der Waals surface area contributed by atoms with E-state index >= 15 is 0 Å². The maximum Gasteiger partial charge on any atom is 0.228 e. The first-order valence-corrected chi connectivity index (χ1v) is 9.12. The predicted molar refractivity (Wildman–Crippen MR) is 91.6 cm³/mol. The molecule has 0 radical (unpaired) electrons. The van der Waals surface area contributed by atoms with E-state index in [-0.39, 0.29) is 11.9 Å². The van der Waals surface area contributed by atoms with Gasteiger partial charge in [-0.15, -0.1) is 11.3 Å². The lowest BCUT2D eigenvalue weighted by atomic mass is 10.0. The third kappa shape index (κ3) is 3.80. The van der Waals surface area contributed by atoms with Crippen LogP contribution in [0.4, 0.5) is 0 Å². The highest BCUT2D eigenvalue weighted by atomic mass is 32.1. The summed E-state index contributed by atoms with van der Waals surface area (Å²) in [4.78, 5) is 19.2. The average molecular weight is 332 g/mol. The van der Waals surface area contributed by atoms with Crippen molar-refractivity contribution in [3.8, 4) is 0 Å². The molecule has 3 heterocycles. The quantitative estimate of drug-likeness (QED) is 0.865. The van der Waals surface area contributed by atoms with Gasteiger partial charge in [0.05, 0.1) is 35.4 Å². The summed E-state index contributed by atoms with van der Waals surface area (Å²) in [5.74, 6) is 0.196. The minimum Gasteiger partial charge on any atom is -0.338 e. The molecular formula is C17H24N4OS. The summed E-state index contributed by atoms with van der Waals surface area (Å²) < 4.78 is 2.04. The molecule has 0 N–H and O–H groups in total. The Bertz CT molecular complexity index is 691. The second-order valence-corrected chi connectivity index (χ2v) is 7.44. The molecule has 6 heteroatoms. The van der Waals surface area contributed by atoms with Gasteiger partial charge in [-0.3, -0.25) is 9.48 Å². The standard InChI is InChI=1S/C17H24N4OS/c1-12-8-13(2)21(19-12)10-16-6-4-5-7-20(16)17(22)9-15-11-23-14(3)18-15/h8,11,16H,4-7,9-10H2,1-3H3/t16-/m0/s1. The van der Waals surface area contributed by atoms with Crippen molar-refractivity contribution in [1.29, 1.82) is 0 Å². The molecule has 1 saturated heterocycles. The lowest BCUT2D eigenvalue weighted by molar-refractivity contribution is -0.134. The molecule has 0 spiro atoms. The number of carbonyl (C=O) groups excluding carboxylic acids is 1. The Labute approximate surface area is 141 Å². The molecular weight excluding hydrogens is 308 g/mol. The van der Waals surface area contributed by atoms with Crippen molar-refractivity contribution in [3.63, 3.8) is 0 Å². The first-order chi connectivity index (χ1) is 11.0. The van der Waals surface area contributed by atoms with Gasteiger partial charge in [0.1, 0.15) is 0 Å². The molecule has 1 fully saturated rings. The minimum absolute atomic E-state index is 0.196. The zero-order valence-electron chi connectivity index (χ0n) is 14.1. The van der Waals surface area contributed by atoms with Crippen molar-refractivity contribution in [3.05, 3.63) is 33.5 Å². The van der Waals surface area contributed by atoms with Crippen LogP contribution in [0.1, 0.15) is 41.4 Å². The highest BCUT2D eigenvalue weighted by Crippen LogP contribution is 2.21. The fourth-order valence-corrected chi connectivity index (χ4v) is 3.94. The molecule has 0 saturated carbocycles. The average Bonchev–Trinajstić information content (AvgIpc) is 3.05. The Morgan fingerprint density at radius 2 is 2.17 bits per heavy atom. The molecule has 1 atom stereocenters. The molecule has 1 aliphatic rings. The molecule has 0 unspecified atom stereocenters. The van der Waals surface area contributed by atoms with Crippen LogP contribution >= 0.6 is 11.3 Å². The van der Waals surface area contributed by atoms with Crippen LogP contribution in [0.25, 0.3) is 0 Å². The normalized spacial score (nSPS) is 18.4. The zero-order valence-corrected chi connectivity index (χ0v) is 14.9. The van der Waals surface area contributed by atoms with E-state index in [1.165, 1.54) is 6.42 Å². The molecule has 0 aromatic carbocycles. The molecule has 0 bridgehead atoms. The molecule has 2 aromatic heterocycles. The van der Waals surface area contributed by atoms with Crippen LogP contribution in [0.5, 0.6) is 0 Å². The molecule has 1 aliphatic heterocycles. The number of aryl methyl sites for hydroxylation is 3. The van der Waals surface area contributed by atoms with Gasteiger partial charge in [-0.2, -0.15) is 5.10 Å². The van der Waals surface area contributed by atoms with Crippen molar-refractivity contribution >= 4 is 17.2 Å². The van der Waals surface area contributed by atoms with Gasteiger partial charge in [0.15, 0.2) is 0 Å². The number of aromatic nitrogens is 3. The van der Waals surface area contributed by atoms with E-state index in [0.717, 1.165) is 48.0 Å². The van der Waals surface area contributed by atoms with Crippen LogP contribution in [-0.2, 0) is 17.8 Å². The summed E-state index contributed by atoms with van der Waals surface area (Å²) in [7, 11) is 0. The smallest absolute Gasteiger partial charge is 0.228 e. The van der Waals surface area contributed by atoms with Crippen molar-refractivity contribution in [2.45, 2.75) is 59.0 Å². The summed E-state index contributed by atoms with van der Waals surface area (Å²) in [6.07, 6.45) is 3.75. The summed E-state index contributed by atoms with van der Waals surface area (Å²) in [6, 6.07) is 2.33. The van der Waals surface area contributed by atoms with Crippen LogP contribution in [-0.4, -0.2) is 38.2 Å². The number of carbonyl (C=O) groups is 1.